The third-order valence-corrected chi connectivity index (χ3v) is 11.9. The summed E-state index contributed by atoms with van der Waals surface area (Å²) >= 11 is 6.26. The van der Waals surface area contributed by atoms with Gasteiger partial charge in [0.25, 0.3) is 5.91 Å². The van der Waals surface area contributed by atoms with Crippen LogP contribution in [0.25, 0.3) is 33.3 Å². The van der Waals surface area contributed by atoms with Gasteiger partial charge in [-0.05, 0) is 42.8 Å². The zero-order valence-electron chi connectivity index (χ0n) is 34.0. The van der Waals surface area contributed by atoms with Gasteiger partial charge in [-0.25, -0.2) is 9.97 Å². The first kappa shape index (κ1) is 39.4. The van der Waals surface area contributed by atoms with Crippen LogP contribution in [-0.4, -0.2) is 73.1 Å². The van der Waals surface area contributed by atoms with Gasteiger partial charge in [-0.3, -0.25) is 19.0 Å². The van der Waals surface area contributed by atoms with Gasteiger partial charge in [0.15, 0.2) is 0 Å². The Morgan fingerprint density at radius 2 is 1.83 bits per heavy atom. The Labute approximate surface area is 347 Å². The number of aryl methyl sites for hydroxylation is 1. The normalized spacial score (nSPS) is 19.0. The first-order valence-electron chi connectivity index (χ1n) is 19.5. The van der Waals surface area contributed by atoms with Gasteiger partial charge in [0.05, 0.1) is 45.8 Å². The number of nitriles is 1. The molecule has 0 radical (unpaired) electrons. The average Bonchev–Trinajstić information content (AvgIpc) is 3.76. The molecule has 1 aliphatic carbocycles. The van der Waals surface area contributed by atoms with Crippen LogP contribution in [0.4, 0.5) is 17.3 Å². The van der Waals surface area contributed by atoms with Crippen molar-refractivity contribution in [1.29, 1.82) is 5.26 Å². The first-order chi connectivity index (χ1) is 28.1. The Hall–Kier alpha value is -6.46. The molecule has 15 heteroatoms. The second-order valence-corrected chi connectivity index (χ2v) is 17.1. The summed E-state index contributed by atoms with van der Waals surface area (Å²) in [6, 6.07) is 19.1. The van der Waals surface area contributed by atoms with Crippen molar-refractivity contribution in [1.82, 2.24) is 34.8 Å². The van der Waals surface area contributed by atoms with Gasteiger partial charge in [0.2, 0.25) is 11.9 Å². The molecule has 1 aliphatic heterocycles. The largest absolute Gasteiger partial charge is 0.489 e. The van der Waals surface area contributed by atoms with Crippen molar-refractivity contribution in [3.8, 4) is 34.2 Å². The van der Waals surface area contributed by atoms with Crippen LogP contribution in [0, 0.1) is 22.2 Å². The molecule has 0 spiro atoms. The van der Waals surface area contributed by atoms with Crippen LogP contribution in [0.3, 0.4) is 0 Å². The summed E-state index contributed by atoms with van der Waals surface area (Å²) in [5, 5.41) is 29.8. The molecule has 4 heterocycles. The number of fused-ring (bicyclic) bond motifs is 2. The van der Waals surface area contributed by atoms with Crippen LogP contribution < -0.4 is 25.6 Å². The summed E-state index contributed by atoms with van der Waals surface area (Å²) in [6.45, 7) is 11.3. The number of hydrogen-bond donors (Lipinski definition) is 3. The third-order valence-electron chi connectivity index (χ3n) is 11.6. The number of carbonyl (C=O) groups excluding carboxylic acids is 2. The summed E-state index contributed by atoms with van der Waals surface area (Å²) in [4.78, 5) is 37.1. The monoisotopic (exact) mass is 811 g/mol. The van der Waals surface area contributed by atoms with Gasteiger partial charge < -0.3 is 25.6 Å². The SMILES string of the molecule is C[C@@H]1CC(=O)Nc2cccc(-c3ccc4c(c3)c(-c3cnn(C)c3)nn4CCN(C)c3ncc(C(=O)NC4C(C)(C)C(Oc5ccc(C#N)c(Cl)c5)C4(C)C)cn3)c2N1. The second kappa shape index (κ2) is 15.0. The van der Waals surface area contributed by atoms with E-state index in [1.165, 1.54) is 0 Å². The summed E-state index contributed by atoms with van der Waals surface area (Å²) in [5.74, 6) is 0.770. The van der Waals surface area contributed by atoms with E-state index in [0.717, 1.165) is 44.7 Å². The van der Waals surface area contributed by atoms with Crippen LogP contribution in [0.2, 0.25) is 5.02 Å². The van der Waals surface area contributed by atoms with Gasteiger partial charge in [-0.1, -0.05) is 57.5 Å². The number of para-hydroxylation sites is 1. The first-order valence-corrected chi connectivity index (χ1v) is 19.9. The minimum absolute atomic E-state index is 0.0138. The molecule has 3 aromatic carbocycles. The van der Waals surface area contributed by atoms with Crippen molar-refractivity contribution in [3.63, 3.8) is 0 Å². The number of ether oxygens (including phenoxy) is 1. The van der Waals surface area contributed by atoms with Crippen molar-refractivity contribution in [2.75, 3.05) is 29.1 Å². The summed E-state index contributed by atoms with van der Waals surface area (Å²) < 4.78 is 10.1. The van der Waals surface area contributed by atoms with E-state index < -0.39 is 10.8 Å². The van der Waals surface area contributed by atoms with Crippen molar-refractivity contribution in [3.05, 3.63) is 95.5 Å². The maximum absolute atomic E-state index is 13.5. The molecule has 0 bridgehead atoms. The van der Waals surface area contributed by atoms with E-state index in [-0.39, 0.29) is 30.0 Å². The molecule has 8 rings (SSSR count). The van der Waals surface area contributed by atoms with Crippen LogP contribution in [-0.2, 0) is 18.4 Å². The lowest BCUT2D eigenvalue weighted by molar-refractivity contribution is -0.164. The highest BCUT2D eigenvalue weighted by atomic mass is 35.5. The van der Waals surface area contributed by atoms with Crippen LogP contribution >= 0.6 is 11.6 Å². The van der Waals surface area contributed by atoms with Gasteiger partial charge in [-0.15, -0.1) is 0 Å². The molecule has 302 valence electrons. The lowest BCUT2D eigenvalue weighted by atomic mass is 9.49. The number of nitrogens with zero attached hydrogens (tertiary/aromatic N) is 8. The van der Waals surface area contributed by atoms with Crippen molar-refractivity contribution in [2.24, 2.45) is 17.9 Å². The van der Waals surface area contributed by atoms with Crippen molar-refractivity contribution >= 4 is 51.6 Å². The standard InChI is InChI=1S/C44H46ClN11O3/c1-25-17-36(57)51-34-10-8-9-31(38(34)50-25)26-12-14-35-32(18-26)37(29-23-49-55(7)24-29)53-56(35)16-15-54(6)42-47-21-28(22-48-42)39(58)52-40-43(2,3)41(44(40,4)5)59-30-13-11-27(20-46)33(45)19-30/h8-14,18-19,21-25,40-41,50H,15-17H2,1-7H3,(H,51,57)(H,52,58)/t25-,40?,41?/m1/s1. The molecule has 1 atom stereocenters. The molecule has 59 heavy (non-hydrogen) atoms. The molecule has 3 aromatic heterocycles. The Balaban J connectivity index is 0.967. The Bertz CT molecular complexity index is 2630. The van der Waals surface area contributed by atoms with Gasteiger partial charge in [-0.2, -0.15) is 15.5 Å². The minimum Gasteiger partial charge on any atom is -0.489 e. The molecular weight excluding hydrogens is 766 g/mol. The maximum Gasteiger partial charge on any atom is 0.254 e. The highest BCUT2D eigenvalue weighted by Gasteiger charge is 2.64. The molecule has 14 nitrogen and oxygen atoms in total. The van der Waals surface area contributed by atoms with Crippen LogP contribution in [0.5, 0.6) is 5.75 Å². The number of rotatable bonds is 10. The third kappa shape index (κ3) is 7.31. The molecule has 1 fully saturated rings. The number of amides is 2. The fourth-order valence-electron chi connectivity index (χ4n) is 8.89. The fraction of sp³-hybridized carbons (Fsp3) is 0.341. The maximum atomic E-state index is 13.5. The lowest BCUT2D eigenvalue weighted by Gasteiger charge is -2.63. The predicted octanol–water partition coefficient (Wildman–Crippen LogP) is 7.31. The van der Waals surface area contributed by atoms with E-state index >= 15 is 0 Å². The number of likely N-dealkylation sites (N-methyl/N-ethyl adjacent to an activating group) is 1. The van der Waals surface area contributed by atoms with Crippen LogP contribution in [0.1, 0.15) is 57.0 Å². The van der Waals surface area contributed by atoms with E-state index in [2.05, 4.69) is 89.0 Å². The van der Waals surface area contributed by atoms with E-state index in [9.17, 15) is 14.9 Å². The number of hydrogen-bond acceptors (Lipinski definition) is 10. The number of anilines is 3. The summed E-state index contributed by atoms with van der Waals surface area (Å²) in [7, 11) is 3.80. The summed E-state index contributed by atoms with van der Waals surface area (Å²) in [6.07, 6.45) is 7.04. The van der Waals surface area contributed by atoms with Gasteiger partial charge >= 0.3 is 0 Å². The molecule has 0 saturated heterocycles. The number of halogens is 1. The number of nitrogens with one attached hydrogen (secondary N) is 3. The van der Waals surface area contributed by atoms with E-state index in [1.807, 2.05) is 55.1 Å². The fourth-order valence-corrected chi connectivity index (χ4v) is 9.11. The van der Waals surface area contributed by atoms with Crippen molar-refractivity contribution in [2.45, 2.75) is 65.8 Å². The number of carbonyl (C=O) groups is 2. The van der Waals surface area contributed by atoms with Crippen molar-refractivity contribution < 1.29 is 14.3 Å². The molecule has 2 aliphatic rings. The molecule has 6 aromatic rings. The second-order valence-electron chi connectivity index (χ2n) is 16.7. The van der Waals surface area contributed by atoms with Gasteiger partial charge in [0, 0.05) is 91.1 Å². The zero-order chi connectivity index (χ0) is 41.8. The highest BCUT2D eigenvalue weighted by Crippen LogP contribution is 2.55. The number of benzene rings is 3. The number of aromatic nitrogens is 6. The molecule has 3 N–H and O–H groups in total. The zero-order valence-corrected chi connectivity index (χ0v) is 34.8. The molecule has 0 unspecified atom stereocenters. The highest BCUT2D eigenvalue weighted by molar-refractivity contribution is 6.31. The Morgan fingerprint density at radius 1 is 1.07 bits per heavy atom. The van der Waals surface area contributed by atoms with Gasteiger partial charge in [0.1, 0.15) is 23.6 Å². The quantitative estimate of drug-likeness (QED) is 0.128. The summed E-state index contributed by atoms with van der Waals surface area (Å²) in [5.41, 5.74) is 6.23. The Kier molecular flexibility index (Phi) is 10.0. The molecular formula is C44H46ClN11O3. The molecule has 1 saturated carbocycles. The van der Waals surface area contributed by atoms with E-state index in [4.69, 9.17) is 21.4 Å². The Morgan fingerprint density at radius 3 is 2.53 bits per heavy atom. The average molecular weight is 812 g/mol. The predicted molar refractivity (Wildman–Crippen MR) is 228 cm³/mol. The lowest BCUT2D eigenvalue weighted by Crippen LogP contribution is -2.74. The van der Waals surface area contributed by atoms with Crippen LogP contribution in [0.15, 0.2) is 79.4 Å². The van der Waals surface area contributed by atoms with E-state index in [0.29, 0.717) is 47.4 Å². The molecule has 2 amide bonds. The minimum atomic E-state index is -0.412. The topological polar surface area (TPSA) is 168 Å². The van der Waals surface area contributed by atoms with E-state index in [1.54, 1.807) is 35.3 Å². The smallest absolute Gasteiger partial charge is 0.254 e.